The predicted octanol–water partition coefficient (Wildman–Crippen LogP) is 1.50. The average molecular weight is 347 g/mol. The standard InChI is InChI=1S/C18H29N5O2/c1-13(2)18(25)23-7-3-4-14(11-23)21-16-10-17(20-12-19-16)22-8-5-15(24)6-9-22/h10,12-15,24H,3-9,11H2,1-2H3,(H,19,20,21)/t14-/m0/s1. The van der Waals surface area contributed by atoms with E-state index in [0.29, 0.717) is 0 Å². The molecule has 0 saturated carbocycles. The Bertz CT molecular complexity index is 587. The molecule has 1 aromatic heterocycles. The van der Waals surface area contributed by atoms with Crippen LogP contribution in [0.15, 0.2) is 12.4 Å². The summed E-state index contributed by atoms with van der Waals surface area (Å²) in [7, 11) is 0. The van der Waals surface area contributed by atoms with E-state index < -0.39 is 0 Å². The molecule has 1 aromatic rings. The summed E-state index contributed by atoms with van der Waals surface area (Å²) < 4.78 is 0. The van der Waals surface area contributed by atoms with E-state index in [1.165, 1.54) is 0 Å². The third-order valence-corrected chi connectivity index (χ3v) is 5.02. The van der Waals surface area contributed by atoms with Gasteiger partial charge >= 0.3 is 0 Å². The Morgan fingerprint density at radius 3 is 2.72 bits per heavy atom. The summed E-state index contributed by atoms with van der Waals surface area (Å²) >= 11 is 0. The number of aromatic nitrogens is 2. The van der Waals surface area contributed by atoms with Gasteiger partial charge in [-0.3, -0.25) is 4.79 Å². The molecule has 2 fully saturated rings. The SMILES string of the molecule is CC(C)C(=O)N1CCC[C@H](Nc2cc(N3CCC(O)CC3)ncn2)C1. The predicted molar refractivity (Wildman–Crippen MR) is 97.5 cm³/mol. The highest BCUT2D eigenvalue weighted by molar-refractivity contribution is 5.78. The molecule has 0 aromatic carbocycles. The molecular weight excluding hydrogens is 318 g/mol. The molecule has 2 saturated heterocycles. The first kappa shape index (κ1) is 17.9. The molecular formula is C18H29N5O2. The number of carbonyl (C=O) groups excluding carboxylic acids is 1. The molecule has 0 spiro atoms. The number of hydrogen-bond acceptors (Lipinski definition) is 6. The van der Waals surface area contributed by atoms with Crippen LogP contribution in [0.5, 0.6) is 0 Å². The van der Waals surface area contributed by atoms with Gasteiger partial charge in [0.15, 0.2) is 0 Å². The van der Waals surface area contributed by atoms with Crippen molar-refractivity contribution in [3.8, 4) is 0 Å². The van der Waals surface area contributed by atoms with Crippen LogP contribution in [0.1, 0.15) is 39.5 Å². The van der Waals surface area contributed by atoms with E-state index in [0.717, 1.165) is 63.5 Å². The van der Waals surface area contributed by atoms with E-state index in [2.05, 4.69) is 20.2 Å². The normalized spacial score (nSPS) is 22.3. The van der Waals surface area contributed by atoms with Crippen molar-refractivity contribution in [1.82, 2.24) is 14.9 Å². The fourth-order valence-corrected chi connectivity index (χ4v) is 3.56. The van der Waals surface area contributed by atoms with Crippen LogP contribution in [0.2, 0.25) is 0 Å². The van der Waals surface area contributed by atoms with Gasteiger partial charge in [-0.1, -0.05) is 13.8 Å². The van der Waals surface area contributed by atoms with E-state index in [1.807, 2.05) is 24.8 Å². The van der Waals surface area contributed by atoms with Gasteiger partial charge in [-0.15, -0.1) is 0 Å². The molecule has 25 heavy (non-hydrogen) atoms. The molecule has 2 N–H and O–H groups in total. The molecule has 2 aliphatic heterocycles. The van der Waals surface area contributed by atoms with Crippen molar-refractivity contribution in [2.75, 3.05) is 36.4 Å². The molecule has 7 heteroatoms. The van der Waals surface area contributed by atoms with Gasteiger partial charge in [0.25, 0.3) is 0 Å². The Labute approximate surface area is 149 Å². The van der Waals surface area contributed by atoms with Gasteiger partial charge in [-0.05, 0) is 25.7 Å². The fraction of sp³-hybridized carbons (Fsp3) is 0.722. The van der Waals surface area contributed by atoms with Crippen LogP contribution in [0.25, 0.3) is 0 Å². The molecule has 138 valence electrons. The van der Waals surface area contributed by atoms with Gasteiger partial charge in [0.05, 0.1) is 6.10 Å². The first-order chi connectivity index (χ1) is 12.0. The minimum atomic E-state index is -0.192. The number of amides is 1. The number of aliphatic hydroxyl groups excluding tert-OH is 1. The van der Waals surface area contributed by atoms with E-state index >= 15 is 0 Å². The van der Waals surface area contributed by atoms with Crippen molar-refractivity contribution in [3.63, 3.8) is 0 Å². The topological polar surface area (TPSA) is 81.6 Å². The van der Waals surface area contributed by atoms with Crippen LogP contribution in [-0.2, 0) is 4.79 Å². The molecule has 0 aliphatic carbocycles. The monoisotopic (exact) mass is 347 g/mol. The van der Waals surface area contributed by atoms with Crippen LogP contribution in [-0.4, -0.2) is 64.2 Å². The number of rotatable bonds is 4. The van der Waals surface area contributed by atoms with Gasteiger partial charge in [0.1, 0.15) is 18.0 Å². The average Bonchev–Trinajstić information content (AvgIpc) is 2.62. The Hall–Kier alpha value is -1.89. The minimum absolute atomic E-state index is 0.0406. The van der Waals surface area contributed by atoms with Crippen molar-refractivity contribution in [3.05, 3.63) is 12.4 Å². The minimum Gasteiger partial charge on any atom is -0.393 e. The largest absolute Gasteiger partial charge is 0.393 e. The molecule has 0 unspecified atom stereocenters. The van der Waals surface area contributed by atoms with E-state index in [4.69, 9.17) is 0 Å². The number of hydrogen-bond donors (Lipinski definition) is 2. The zero-order valence-electron chi connectivity index (χ0n) is 15.2. The molecule has 1 amide bonds. The van der Waals surface area contributed by atoms with E-state index in [9.17, 15) is 9.90 Å². The Kier molecular flexibility index (Phi) is 5.73. The van der Waals surface area contributed by atoms with Crippen molar-refractivity contribution in [2.45, 2.75) is 51.7 Å². The first-order valence-electron chi connectivity index (χ1n) is 9.33. The highest BCUT2D eigenvalue weighted by Crippen LogP contribution is 2.21. The highest BCUT2D eigenvalue weighted by atomic mass is 16.3. The molecule has 0 bridgehead atoms. The second-order valence-corrected chi connectivity index (χ2v) is 7.40. The second kappa shape index (κ2) is 7.99. The lowest BCUT2D eigenvalue weighted by Gasteiger charge is -2.34. The molecule has 7 nitrogen and oxygen atoms in total. The van der Waals surface area contributed by atoms with Crippen LogP contribution in [0.4, 0.5) is 11.6 Å². The molecule has 1 atom stereocenters. The third kappa shape index (κ3) is 4.60. The van der Waals surface area contributed by atoms with E-state index in [-0.39, 0.29) is 24.0 Å². The zero-order valence-corrected chi connectivity index (χ0v) is 15.2. The van der Waals surface area contributed by atoms with Crippen molar-refractivity contribution >= 4 is 17.5 Å². The van der Waals surface area contributed by atoms with Gasteiger partial charge < -0.3 is 20.2 Å². The van der Waals surface area contributed by atoms with Gasteiger partial charge in [-0.2, -0.15) is 0 Å². The number of aliphatic hydroxyl groups is 1. The zero-order chi connectivity index (χ0) is 17.8. The van der Waals surface area contributed by atoms with Crippen LogP contribution >= 0.6 is 0 Å². The number of likely N-dealkylation sites (tertiary alicyclic amines) is 1. The lowest BCUT2D eigenvalue weighted by molar-refractivity contribution is -0.135. The van der Waals surface area contributed by atoms with Crippen LogP contribution < -0.4 is 10.2 Å². The maximum Gasteiger partial charge on any atom is 0.225 e. The second-order valence-electron chi connectivity index (χ2n) is 7.40. The molecule has 2 aliphatic rings. The number of carbonyl (C=O) groups is 1. The lowest BCUT2D eigenvalue weighted by Crippen LogP contribution is -2.46. The van der Waals surface area contributed by atoms with Crippen LogP contribution in [0, 0.1) is 5.92 Å². The van der Waals surface area contributed by atoms with Crippen molar-refractivity contribution in [2.24, 2.45) is 5.92 Å². The summed E-state index contributed by atoms with van der Waals surface area (Å²) in [6.45, 7) is 7.11. The van der Waals surface area contributed by atoms with Crippen LogP contribution in [0.3, 0.4) is 0 Å². The summed E-state index contributed by atoms with van der Waals surface area (Å²) in [5, 5.41) is 13.1. The smallest absolute Gasteiger partial charge is 0.225 e. The molecule has 3 heterocycles. The van der Waals surface area contributed by atoms with Gasteiger partial charge in [0, 0.05) is 44.2 Å². The highest BCUT2D eigenvalue weighted by Gasteiger charge is 2.25. The summed E-state index contributed by atoms with van der Waals surface area (Å²) in [4.78, 5) is 25.1. The number of anilines is 2. The Morgan fingerprint density at radius 2 is 2.00 bits per heavy atom. The number of piperidine rings is 2. The lowest BCUT2D eigenvalue weighted by atomic mass is 10.0. The quantitative estimate of drug-likeness (QED) is 0.859. The summed E-state index contributed by atoms with van der Waals surface area (Å²) in [5.74, 6) is 1.97. The molecule has 3 rings (SSSR count). The Balaban J connectivity index is 1.61. The maximum atomic E-state index is 12.2. The van der Waals surface area contributed by atoms with E-state index in [1.54, 1.807) is 6.33 Å². The Morgan fingerprint density at radius 1 is 1.24 bits per heavy atom. The third-order valence-electron chi connectivity index (χ3n) is 5.02. The maximum absolute atomic E-state index is 12.2. The number of nitrogens with zero attached hydrogens (tertiary/aromatic N) is 4. The summed E-state index contributed by atoms with van der Waals surface area (Å²) in [6, 6.07) is 2.20. The van der Waals surface area contributed by atoms with Gasteiger partial charge in [0.2, 0.25) is 5.91 Å². The summed E-state index contributed by atoms with van der Waals surface area (Å²) in [6.07, 6.45) is 5.00. The van der Waals surface area contributed by atoms with Gasteiger partial charge in [-0.25, -0.2) is 9.97 Å². The number of nitrogens with one attached hydrogen (secondary N) is 1. The van der Waals surface area contributed by atoms with Crippen molar-refractivity contribution < 1.29 is 9.90 Å². The van der Waals surface area contributed by atoms with Crippen molar-refractivity contribution in [1.29, 1.82) is 0 Å². The first-order valence-corrected chi connectivity index (χ1v) is 9.33. The molecule has 0 radical (unpaired) electrons. The summed E-state index contributed by atoms with van der Waals surface area (Å²) in [5.41, 5.74) is 0. The fourth-order valence-electron chi connectivity index (χ4n) is 3.56.